The van der Waals surface area contributed by atoms with Crippen LogP contribution in [0.5, 0.6) is 0 Å². The number of nitrogens with zero attached hydrogens (tertiary/aromatic N) is 1. The Labute approximate surface area is 142 Å². The highest BCUT2D eigenvalue weighted by molar-refractivity contribution is 6.15. The molecular formula is C19H23NO4. The summed E-state index contributed by atoms with van der Waals surface area (Å²) >= 11 is 0. The molecule has 5 nitrogen and oxygen atoms in total. The number of carbonyl (C=O) groups excluding carboxylic acids is 2. The molecule has 0 radical (unpaired) electrons. The van der Waals surface area contributed by atoms with Crippen molar-refractivity contribution in [2.75, 3.05) is 6.54 Å². The van der Waals surface area contributed by atoms with Crippen molar-refractivity contribution in [3.8, 4) is 0 Å². The van der Waals surface area contributed by atoms with Gasteiger partial charge in [0, 0.05) is 18.5 Å². The van der Waals surface area contributed by atoms with E-state index >= 15 is 0 Å². The molecule has 1 fully saturated rings. The van der Waals surface area contributed by atoms with E-state index in [1.807, 2.05) is 37.3 Å². The first-order chi connectivity index (χ1) is 11.5. The van der Waals surface area contributed by atoms with Gasteiger partial charge in [-0.2, -0.15) is 0 Å². The minimum Gasteiger partial charge on any atom is -0.481 e. The summed E-state index contributed by atoms with van der Waals surface area (Å²) in [6, 6.07) is 7.76. The highest BCUT2D eigenvalue weighted by Crippen LogP contribution is 2.23. The van der Waals surface area contributed by atoms with Crippen LogP contribution in [0.15, 0.2) is 29.8 Å². The fourth-order valence-electron chi connectivity index (χ4n) is 2.80. The molecule has 1 aliphatic rings. The molecule has 1 saturated heterocycles. The van der Waals surface area contributed by atoms with Gasteiger partial charge in [-0.05, 0) is 37.0 Å². The van der Waals surface area contributed by atoms with E-state index < -0.39 is 5.97 Å². The molecule has 1 heterocycles. The molecule has 1 N–H and O–H groups in total. The third-order valence-electron chi connectivity index (χ3n) is 4.20. The maximum Gasteiger partial charge on any atom is 0.303 e. The van der Waals surface area contributed by atoms with Gasteiger partial charge >= 0.3 is 5.97 Å². The maximum atomic E-state index is 12.4. The van der Waals surface area contributed by atoms with Crippen molar-refractivity contribution in [2.24, 2.45) is 0 Å². The third kappa shape index (κ3) is 4.78. The first-order valence-electron chi connectivity index (χ1n) is 8.31. The summed E-state index contributed by atoms with van der Waals surface area (Å²) in [6.45, 7) is 2.39. The quantitative estimate of drug-likeness (QED) is 0.451. The average molecular weight is 329 g/mol. The van der Waals surface area contributed by atoms with E-state index in [-0.39, 0.29) is 24.7 Å². The van der Waals surface area contributed by atoms with Crippen molar-refractivity contribution in [3.63, 3.8) is 0 Å². The molecule has 1 aliphatic heterocycles. The Morgan fingerprint density at radius 2 is 1.88 bits per heavy atom. The van der Waals surface area contributed by atoms with E-state index in [1.165, 1.54) is 4.90 Å². The molecule has 1 aromatic carbocycles. The number of amides is 2. The summed E-state index contributed by atoms with van der Waals surface area (Å²) in [6.07, 6.45) is 5.11. The van der Waals surface area contributed by atoms with Crippen LogP contribution in [0.3, 0.4) is 0 Å². The van der Waals surface area contributed by atoms with Crippen molar-refractivity contribution in [3.05, 3.63) is 41.0 Å². The molecule has 0 aliphatic carbocycles. The molecule has 2 amide bonds. The molecule has 24 heavy (non-hydrogen) atoms. The van der Waals surface area contributed by atoms with Crippen LogP contribution in [0.4, 0.5) is 0 Å². The predicted molar refractivity (Wildman–Crippen MR) is 91.2 cm³/mol. The van der Waals surface area contributed by atoms with Gasteiger partial charge in [0.05, 0.1) is 6.42 Å². The number of likely N-dealkylation sites (tertiary alicyclic amines) is 1. The smallest absolute Gasteiger partial charge is 0.303 e. The van der Waals surface area contributed by atoms with Crippen LogP contribution in [0.25, 0.3) is 6.08 Å². The minimum atomic E-state index is -0.786. The SMILES string of the molecule is Cc1ccccc1/C=C1\CC(=O)N(CCCCCCC(=O)O)C1=O. The molecule has 0 atom stereocenters. The fraction of sp³-hybridized carbons (Fsp3) is 0.421. The number of carboxylic acids is 1. The van der Waals surface area contributed by atoms with Crippen molar-refractivity contribution in [2.45, 2.75) is 45.4 Å². The molecule has 0 spiro atoms. The van der Waals surface area contributed by atoms with Crippen molar-refractivity contribution in [1.29, 1.82) is 0 Å². The Morgan fingerprint density at radius 1 is 1.17 bits per heavy atom. The zero-order valence-electron chi connectivity index (χ0n) is 14.0. The number of carboxylic acid groups (broad SMARTS) is 1. The Morgan fingerprint density at radius 3 is 2.58 bits per heavy atom. The number of unbranched alkanes of at least 4 members (excludes halogenated alkanes) is 3. The summed E-state index contributed by atoms with van der Waals surface area (Å²) in [4.78, 5) is 36.2. The van der Waals surface area contributed by atoms with Gasteiger partial charge < -0.3 is 5.11 Å². The molecular weight excluding hydrogens is 306 g/mol. The Kier molecular flexibility index (Phi) is 6.29. The molecule has 0 bridgehead atoms. The monoisotopic (exact) mass is 329 g/mol. The molecule has 0 aromatic heterocycles. The van der Waals surface area contributed by atoms with Gasteiger partial charge in [-0.15, -0.1) is 0 Å². The molecule has 2 rings (SSSR count). The van der Waals surface area contributed by atoms with Gasteiger partial charge in [-0.25, -0.2) is 0 Å². The summed E-state index contributed by atoms with van der Waals surface area (Å²) in [5, 5.41) is 8.58. The molecule has 0 saturated carbocycles. The lowest BCUT2D eigenvalue weighted by molar-refractivity contribution is -0.138. The maximum absolute atomic E-state index is 12.4. The number of rotatable bonds is 8. The van der Waals surface area contributed by atoms with Crippen molar-refractivity contribution < 1.29 is 19.5 Å². The number of hydrogen-bond donors (Lipinski definition) is 1. The number of aliphatic carboxylic acids is 1. The van der Waals surface area contributed by atoms with Crippen molar-refractivity contribution in [1.82, 2.24) is 4.90 Å². The van der Waals surface area contributed by atoms with Crippen LogP contribution in [-0.4, -0.2) is 34.3 Å². The molecule has 1 aromatic rings. The summed E-state index contributed by atoms with van der Waals surface area (Å²) < 4.78 is 0. The molecule has 0 unspecified atom stereocenters. The first-order valence-corrected chi connectivity index (χ1v) is 8.31. The topological polar surface area (TPSA) is 74.7 Å². The summed E-state index contributed by atoms with van der Waals surface area (Å²) in [5.41, 5.74) is 2.58. The van der Waals surface area contributed by atoms with E-state index in [0.717, 1.165) is 30.4 Å². The lowest BCUT2D eigenvalue weighted by Crippen LogP contribution is -2.30. The second-order valence-corrected chi connectivity index (χ2v) is 6.11. The van der Waals surface area contributed by atoms with Gasteiger partial charge in [-0.1, -0.05) is 37.1 Å². The van der Waals surface area contributed by atoms with Gasteiger partial charge in [0.25, 0.3) is 5.91 Å². The number of aryl methyl sites for hydroxylation is 1. The van der Waals surface area contributed by atoms with Crippen LogP contribution < -0.4 is 0 Å². The van der Waals surface area contributed by atoms with Crippen LogP contribution >= 0.6 is 0 Å². The predicted octanol–water partition coefficient (Wildman–Crippen LogP) is 3.17. The minimum absolute atomic E-state index is 0.148. The summed E-state index contributed by atoms with van der Waals surface area (Å²) in [7, 11) is 0. The summed E-state index contributed by atoms with van der Waals surface area (Å²) in [5.74, 6) is -1.13. The van der Waals surface area contributed by atoms with Crippen LogP contribution in [0, 0.1) is 6.92 Å². The van der Waals surface area contributed by atoms with Crippen LogP contribution in [0.1, 0.15) is 49.7 Å². The Hall–Kier alpha value is -2.43. The van der Waals surface area contributed by atoms with E-state index in [4.69, 9.17) is 5.11 Å². The first kappa shape index (κ1) is 17.9. The Balaban J connectivity index is 1.87. The number of benzene rings is 1. The van der Waals surface area contributed by atoms with Gasteiger partial charge in [-0.3, -0.25) is 19.3 Å². The molecule has 128 valence electrons. The highest BCUT2D eigenvalue weighted by Gasteiger charge is 2.33. The highest BCUT2D eigenvalue weighted by atomic mass is 16.4. The zero-order chi connectivity index (χ0) is 17.5. The lowest BCUT2D eigenvalue weighted by atomic mass is 10.1. The largest absolute Gasteiger partial charge is 0.481 e. The molecule has 5 heteroatoms. The normalized spacial score (nSPS) is 16.2. The van der Waals surface area contributed by atoms with Crippen LogP contribution in [-0.2, 0) is 14.4 Å². The van der Waals surface area contributed by atoms with E-state index in [9.17, 15) is 14.4 Å². The standard InChI is InChI=1S/C19H23NO4/c1-14-8-5-6-9-15(14)12-16-13-17(21)20(19(16)24)11-7-3-2-4-10-18(22)23/h5-6,8-9,12H,2-4,7,10-11,13H2,1H3,(H,22,23)/b16-12+. The second kappa shape index (κ2) is 8.43. The lowest BCUT2D eigenvalue weighted by Gasteiger charge is -2.13. The number of hydrogen-bond acceptors (Lipinski definition) is 3. The van der Waals surface area contributed by atoms with Gasteiger partial charge in [0.1, 0.15) is 0 Å². The number of imide groups is 1. The van der Waals surface area contributed by atoms with Gasteiger partial charge in [0.2, 0.25) is 5.91 Å². The fourth-order valence-corrected chi connectivity index (χ4v) is 2.80. The second-order valence-electron chi connectivity index (χ2n) is 6.11. The average Bonchev–Trinajstić information content (AvgIpc) is 2.79. The number of carbonyl (C=O) groups is 3. The third-order valence-corrected chi connectivity index (χ3v) is 4.20. The van der Waals surface area contributed by atoms with E-state index in [0.29, 0.717) is 18.5 Å². The van der Waals surface area contributed by atoms with Gasteiger partial charge in [0.15, 0.2) is 0 Å². The van der Waals surface area contributed by atoms with E-state index in [2.05, 4.69) is 0 Å². The Bertz CT molecular complexity index is 663. The zero-order valence-corrected chi connectivity index (χ0v) is 14.0. The van der Waals surface area contributed by atoms with E-state index in [1.54, 1.807) is 0 Å². The van der Waals surface area contributed by atoms with Crippen molar-refractivity contribution >= 4 is 23.9 Å². The van der Waals surface area contributed by atoms with Crippen LogP contribution in [0.2, 0.25) is 0 Å².